The van der Waals surface area contributed by atoms with Crippen LogP contribution in [0.25, 0.3) is 10.1 Å². The SMILES string of the molecule is COC(=O)CCSc1ccc2snc(N=S(C)(C)=O)c2c1Cl. The molecule has 0 radical (unpaired) electrons. The van der Waals surface area contributed by atoms with Crippen molar-refractivity contribution in [3.63, 3.8) is 0 Å². The lowest BCUT2D eigenvalue weighted by molar-refractivity contribution is -0.140. The highest BCUT2D eigenvalue weighted by atomic mass is 35.5. The summed E-state index contributed by atoms with van der Waals surface area (Å²) in [4.78, 5) is 12.0. The molecular formula is C13H15ClN2O3S3. The molecule has 0 unspecified atom stereocenters. The molecule has 0 aliphatic heterocycles. The second-order valence-electron chi connectivity index (χ2n) is 4.70. The van der Waals surface area contributed by atoms with E-state index in [1.807, 2.05) is 12.1 Å². The lowest BCUT2D eigenvalue weighted by atomic mass is 10.2. The van der Waals surface area contributed by atoms with Gasteiger partial charge in [0.1, 0.15) is 0 Å². The number of ether oxygens (including phenoxy) is 1. The van der Waals surface area contributed by atoms with Gasteiger partial charge in [0.05, 0.1) is 28.6 Å². The van der Waals surface area contributed by atoms with Crippen LogP contribution in [0.2, 0.25) is 5.02 Å². The highest BCUT2D eigenvalue weighted by molar-refractivity contribution is 7.99. The number of rotatable bonds is 5. The van der Waals surface area contributed by atoms with Gasteiger partial charge in [-0.1, -0.05) is 11.6 Å². The molecule has 1 aromatic heterocycles. The standard InChI is InChI=1S/C13H15ClN2O3S3/c1-19-10(17)6-7-20-9-5-4-8-11(12(9)14)13(15-21-8)16-22(2,3)18/h4-5H,6-7H2,1-3H3. The number of thioether (sulfide) groups is 1. The molecule has 0 amide bonds. The fourth-order valence-corrected chi connectivity index (χ4v) is 4.37. The molecule has 1 aromatic carbocycles. The Hall–Kier alpha value is -0.830. The zero-order valence-electron chi connectivity index (χ0n) is 12.3. The van der Waals surface area contributed by atoms with Gasteiger partial charge in [0.25, 0.3) is 0 Å². The van der Waals surface area contributed by atoms with Crippen molar-refractivity contribution in [2.45, 2.75) is 11.3 Å². The van der Waals surface area contributed by atoms with E-state index >= 15 is 0 Å². The van der Waals surface area contributed by atoms with Gasteiger partial charge < -0.3 is 4.74 Å². The summed E-state index contributed by atoms with van der Waals surface area (Å²) in [5.74, 6) is 0.727. The van der Waals surface area contributed by atoms with Crippen molar-refractivity contribution in [1.29, 1.82) is 0 Å². The van der Waals surface area contributed by atoms with Gasteiger partial charge >= 0.3 is 5.97 Å². The van der Waals surface area contributed by atoms with E-state index in [4.69, 9.17) is 11.6 Å². The molecule has 0 N–H and O–H groups in total. The molecule has 2 rings (SSSR count). The maximum absolute atomic E-state index is 11.9. The number of carbonyl (C=O) groups excluding carboxylic acids is 1. The predicted molar refractivity (Wildman–Crippen MR) is 94.1 cm³/mol. The van der Waals surface area contributed by atoms with Crippen molar-refractivity contribution in [1.82, 2.24) is 4.37 Å². The van der Waals surface area contributed by atoms with Crippen molar-refractivity contribution in [3.8, 4) is 0 Å². The highest BCUT2D eigenvalue weighted by Gasteiger charge is 2.14. The average molecular weight is 379 g/mol. The zero-order valence-corrected chi connectivity index (χ0v) is 15.5. The normalized spacial score (nSPS) is 11.6. The van der Waals surface area contributed by atoms with Gasteiger partial charge in [-0.25, -0.2) is 4.21 Å². The van der Waals surface area contributed by atoms with E-state index in [2.05, 4.69) is 13.5 Å². The topological polar surface area (TPSA) is 68.6 Å². The summed E-state index contributed by atoms with van der Waals surface area (Å²) >= 11 is 9.18. The molecule has 0 atom stereocenters. The van der Waals surface area contributed by atoms with Crippen LogP contribution >= 0.6 is 34.9 Å². The van der Waals surface area contributed by atoms with Crippen LogP contribution in [0.1, 0.15) is 6.42 Å². The van der Waals surface area contributed by atoms with E-state index < -0.39 is 9.73 Å². The zero-order chi connectivity index (χ0) is 16.3. The van der Waals surface area contributed by atoms with Gasteiger partial charge in [-0.15, -0.1) is 11.8 Å². The van der Waals surface area contributed by atoms with Crippen LogP contribution in [0.3, 0.4) is 0 Å². The smallest absolute Gasteiger partial charge is 0.306 e. The Kier molecular flexibility index (Phi) is 5.70. The number of carbonyl (C=O) groups is 1. The number of fused-ring (bicyclic) bond motifs is 1. The van der Waals surface area contributed by atoms with E-state index in [1.54, 1.807) is 12.5 Å². The molecule has 0 saturated carbocycles. The predicted octanol–water partition coefficient (Wildman–Crippen LogP) is 3.96. The first-order valence-electron chi connectivity index (χ1n) is 6.26. The largest absolute Gasteiger partial charge is 0.469 e. The molecule has 120 valence electrons. The number of hydrogen-bond acceptors (Lipinski definition) is 7. The number of benzene rings is 1. The molecule has 0 bridgehead atoms. The first-order chi connectivity index (χ1) is 10.3. The van der Waals surface area contributed by atoms with Crippen LogP contribution in [-0.2, 0) is 19.3 Å². The number of hydrogen-bond donors (Lipinski definition) is 0. The Morgan fingerprint density at radius 1 is 1.50 bits per heavy atom. The lowest BCUT2D eigenvalue weighted by Crippen LogP contribution is -2.00. The quantitative estimate of drug-likeness (QED) is 0.581. The Bertz CT molecular complexity index is 817. The average Bonchev–Trinajstić information content (AvgIpc) is 2.82. The monoisotopic (exact) mass is 378 g/mol. The third kappa shape index (κ3) is 4.34. The van der Waals surface area contributed by atoms with Crippen molar-refractivity contribution in [2.75, 3.05) is 25.4 Å². The minimum atomic E-state index is -2.31. The van der Waals surface area contributed by atoms with E-state index in [-0.39, 0.29) is 5.97 Å². The molecule has 2 aromatic rings. The summed E-state index contributed by atoms with van der Waals surface area (Å²) in [5.41, 5.74) is 0. The minimum Gasteiger partial charge on any atom is -0.469 e. The lowest BCUT2D eigenvalue weighted by Gasteiger charge is -2.05. The van der Waals surface area contributed by atoms with Crippen molar-refractivity contribution >= 4 is 66.5 Å². The Labute approximate surface area is 142 Å². The third-order valence-corrected chi connectivity index (χ3v) is 5.60. The summed E-state index contributed by atoms with van der Waals surface area (Å²) in [5, 5.41) is 1.25. The first-order valence-corrected chi connectivity index (χ1v) is 10.7. The van der Waals surface area contributed by atoms with Crippen LogP contribution in [0.15, 0.2) is 21.4 Å². The maximum Gasteiger partial charge on any atom is 0.306 e. The molecule has 22 heavy (non-hydrogen) atoms. The van der Waals surface area contributed by atoms with Crippen molar-refractivity contribution < 1.29 is 13.7 Å². The minimum absolute atomic E-state index is 0.255. The third-order valence-electron chi connectivity index (χ3n) is 2.62. The van der Waals surface area contributed by atoms with Crippen LogP contribution < -0.4 is 0 Å². The van der Waals surface area contributed by atoms with Crippen molar-refractivity contribution in [2.24, 2.45) is 4.36 Å². The summed E-state index contributed by atoms with van der Waals surface area (Å²) in [7, 11) is -0.942. The Balaban J connectivity index is 2.34. The molecule has 0 aliphatic rings. The van der Waals surface area contributed by atoms with Crippen LogP contribution in [-0.4, -0.2) is 39.9 Å². The van der Waals surface area contributed by atoms with E-state index in [9.17, 15) is 9.00 Å². The Morgan fingerprint density at radius 2 is 2.23 bits per heavy atom. The van der Waals surface area contributed by atoms with Gasteiger partial charge in [0.2, 0.25) is 0 Å². The molecular weight excluding hydrogens is 364 g/mol. The highest BCUT2D eigenvalue weighted by Crippen LogP contribution is 2.40. The van der Waals surface area contributed by atoms with Crippen LogP contribution in [0, 0.1) is 0 Å². The molecule has 0 saturated heterocycles. The summed E-state index contributed by atoms with van der Waals surface area (Å²) in [6, 6.07) is 3.80. The van der Waals surface area contributed by atoms with E-state index in [0.717, 1.165) is 9.60 Å². The number of methoxy groups -OCH3 is 1. The number of esters is 1. The molecule has 1 heterocycles. The molecule has 9 heteroatoms. The summed E-state index contributed by atoms with van der Waals surface area (Å²) in [6.07, 6.45) is 3.43. The Morgan fingerprint density at radius 3 is 2.86 bits per heavy atom. The van der Waals surface area contributed by atoms with E-state index in [1.165, 1.54) is 30.4 Å². The number of nitrogens with zero attached hydrogens (tertiary/aromatic N) is 2. The van der Waals surface area contributed by atoms with Gasteiger partial charge in [-0.2, -0.15) is 8.74 Å². The summed E-state index contributed by atoms with van der Waals surface area (Å²) < 4.78 is 25.8. The second-order valence-corrected chi connectivity index (χ2v) is 9.57. The molecule has 5 nitrogen and oxygen atoms in total. The van der Waals surface area contributed by atoms with Crippen LogP contribution in [0.5, 0.6) is 0 Å². The molecule has 0 fully saturated rings. The fraction of sp³-hybridized carbons (Fsp3) is 0.385. The van der Waals surface area contributed by atoms with Crippen LogP contribution in [0.4, 0.5) is 5.82 Å². The fourth-order valence-electron chi connectivity index (χ4n) is 1.69. The van der Waals surface area contributed by atoms with Crippen molar-refractivity contribution in [3.05, 3.63) is 17.2 Å². The summed E-state index contributed by atoms with van der Waals surface area (Å²) in [6.45, 7) is 0. The van der Waals surface area contributed by atoms with E-state index in [0.29, 0.717) is 28.4 Å². The van der Waals surface area contributed by atoms with Gasteiger partial charge in [0, 0.05) is 32.9 Å². The molecule has 0 aliphatic carbocycles. The number of halogens is 1. The first kappa shape index (κ1) is 17.5. The van der Waals surface area contributed by atoms with Gasteiger partial charge in [-0.3, -0.25) is 4.79 Å². The second kappa shape index (κ2) is 7.16. The molecule has 0 spiro atoms. The van der Waals surface area contributed by atoms with Gasteiger partial charge in [0.15, 0.2) is 5.82 Å². The van der Waals surface area contributed by atoms with Gasteiger partial charge in [-0.05, 0) is 23.7 Å². The maximum atomic E-state index is 11.9. The number of aromatic nitrogens is 1.